The summed E-state index contributed by atoms with van der Waals surface area (Å²) in [6, 6.07) is -0.112. The first-order chi connectivity index (χ1) is 6.43. The summed E-state index contributed by atoms with van der Waals surface area (Å²) in [5.41, 5.74) is 0. The summed E-state index contributed by atoms with van der Waals surface area (Å²) in [5.74, 6) is -2.15. The molecule has 14 heavy (non-hydrogen) atoms. The zero-order valence-electron chi connectivity index (χ0n) is 7.93. The highest BCUT2D eigenvalue weighted by Gasteiger charge is 2.29. The zero-order valence-corrected chi connectivity index (χ0v) is 8.75. The predicted octanol–water partition coefficient (Wildman–Crippen LogP) is -1.31. The summed E-state index contributed by atoms with van der Waals surface area (Å²) in [6.45, 7) is 1.37. The summed E-state index contributed by atoms with van der Waals surface area (Å²) >= 11 is 0. The van der Waals surface area contributed by atoms with E-state index in [0.29, 0.717) is 6.54 Å². The summed E-state index contributed by atoms with van der Waals surface area (Å²) in [5, 5.41) is 11.4. The molecule has 1 rings (SSSR count). The Kier molecular flexibility index (Phi) is 3.46. The van der Waals surface area contributed by atoms with Gasteiger partial charge in [-0.15, -0.1) is 0 Å². The smallest absolute Gasteiger partial charge is 0.320 e. The van der Waals surface area contributed by atoms with Crippen LogP contribution < -0.4 is 5.32 Å². The predicted molar refractivity (Wildman–Crippen MR) is 50.5 cm³/mol. The van der Waals surface area contributed by atoms with Gasteiger partial charge in [-0.1, -0.05) is 0 Å². The van der Waals surface area contributed by atoms with Crippen molar-refractivity contribution in [3.05, 3.63) is 0 Å². The van der Waals surface area contributed by atoms with Gasteiger partial charge >= 0.3 is 5.97 Å². The highest BCUT2D eigenvalue weighted by molar-refractivity contribution is 7.89. The molecule has 0 radical (unpaired) electrons. The first-order valence-corrected chi connectivity index (χ1v) is 5.92. The standard InChI is InChI=1S/C7H14N2O4S/c1-9(6-2-3-8-4-6)14(12,13)5-7(10)11/h6,8H,2-5H2,1H3,(H,10,11). The maximum atomic E-state index is 11.4. The molecule has 6 nitrogen and oxygen atoms in total. The maximum absolute atomic E-state index is 11.4. The van der Waals surface area contributed by atoms with Crippen LogP contribution in [-0.4, -0.2) is 55.7 Å². The van der Waals surface area contributed by atoms with Crippen LogP contribution in [0.4, 0.5) is 0 Å². The van der Waals surface area contributed by atoms with Crippen LogP contribution >= 0.6 is 0 Å². The lowest BCUT2D eigenvalue weighted by Gasteiger charge is -2.21. The average Bonchev–Trinajstić information content (AvgIpc) is 2.51. The van der Waals surface area contributed by atoms with Gasteiger partial charge < -0.3 is 10.4 Å². The number of carbonyl (C=O) groups is 1. The van der Waals surface area contributed by atoms with E-state index in [0.717, 1.165) is 17.3 Å². The van der Waals surface area contributed by atoms with Gasteiger partial charge in [0.05, 0.1) is 0 Å². The van der Waals surface area contributed by atoms with E-state index < -0.39 is 21.7 Å². The van der Waals surface area contributed by atoms with Crippen LogP contribution in [0.15, 0.2) is 0 Å². The van der Waals surface area contributed by atoms with Crippen LogP contribution in [0.1, 0.15) is 6.42 Å². The summed E-state index contributed by atoms with van der Waals surface area (Å²) in [7, 11) is -2.22. The number of aliphatic carboxylic acids is 1. The molecule has 0 aromatic rings. The lowest BCUT2D eigenvalue weighted by molar-refractivity contribution is -0.134. The Morgan fingerprint density at radius 3 is 2.71 bits per heavy atom. The van der Waals surface area contributed by atoms with E-state index in [-0.39, 0.29) is 6.04 Å². The molecule has 0 saturated carbocycles. The molecule has 1 fully saturated rings. The third-order valence-corrected chi connectivity index (χ3v) is 4.08. The van der Waals surface area contributed by atoms with Crippen LogP contribution in [0, 0.1) is 0 Å². The minimum atomic E-state index is -3.65. The van der Waals surface area contributed by atoms with E-state index in [1.807, 2.05) is 0 Å². The highest BCUT2D eigenvalue weighted by Crippen LogP contribution is 2.11. The van der Waals surface area contributed by atoms with Crippen LogP contribution in [0.5, 0.6) is 0 Å². The third kappa shape index (κ3) is 2.66. The molecular formula is C7H14N2O4S. The second kappa shape index (κ2) is 4.24. The van der Waals surface area contributed by atoms with Gasteiger partial charge in [-0.05, 0) is 13.0 Å². The van der Waals surface area contributed by atoms with Gasteiger partial charge in [-0.25, -0.2) is 12.7 Å². The van der Waals surface area contributed by atoms with Crippen LogP contribution in [-0.2, 0) is 14.8 Å². The van der Waals surface area contributed by atoms with Crippen molar-refractivity contribution in [1.82, 2.24) is 9.62 Å². The minimum absolute atomic E-state index is 0.112. The van der Waals surface area contributed by atoms with E-state index in [9.17, 15) is 13.2 Å². The third-order valence-electron chi connectivity index (χ3n) is 2.29. The number of nitrogens with one attached hydrogen (secondary N) is 1. The number of carboxylic acids is 1. The molecule has 0 aliphatic carbocycles. The Morgan fingerprint density at radius 2 is 2.29 bits per heavy atom. The van der Waals surface area contributed by atoms with Crippen LogP contribution in [0.2, 0.25) is 0 Å². The number of likely N-dealkylation sites (N-methyl/N-ethyl adjacent to an activating group) is 1. The second-order valence-corrected chi connectivity index (χ2v) is 5.34. The van der Waals surface area contributed by atoms with Crippen molar-refractivity contribution < 1.29 is 18.3 Å². The van der Waals surface area contributed by atoms with Crippen LogP contribution in [0.25, 0.3) is 0 Å². The van der Waals surface area contributed by atoms with Gasteiger partial charge in [0.15, 0.2) is 5.75 Å². The number of carboxylic acid groups (broad SMARTS) is 1. The Balaban J connectivity index is 2.66. The summed E-state index contributed by atoms with van der Waals surface area (Å²) < 4.78 is 24.0. The van der Waals surface area contributed by atoms with Gasteiger partial charge in [-0.3, -0.25) is 4.79 Å². The second-order valence-electron chi connectivity index (χ2n) is 3.31. The first kappa shape index (κ1) is 11.4. The van der Waals surface area contributed by atoms with E-state index in [2.05, 4.69) is 5.32 Å². The van der Waals surface area contributed by atoms with Gasteiger partial charge in [0.25, 0.3) is 0 Å². The molecule has 0 amide bonds. The van der Waals surface area contributed by atoms with Crippen molar-refractivity contribution in [2.75, 3.05) is 25.9 Å². The molecule has 1 saturated heterocycles. The fourth-order valence-electron chi connectivity index (χ4n) is 1.43. The molecule has 82 valence electrons. The van der Waals surface area contributed by atoms with E-state index in [1.165, 1.54) is 7.05 Å². The molecule has 1 aliphatic heterocycles. The van der Waals surface area contributed by atoms with E-state index in [4.69, 9.17) is 5.11 Å². The van der Waals surface area contributed by atoms with Gasteiger partial charge in [0.1, 0.15) is 0 Å². The van der Waals surface area contributed by atoms with Gasteiger partial charge in [0, 0.05) is 19.6 Å². The van der Waals surface area contributed by atoms with E-state index in [1.54, 1.807) is 0 Å². The molecule has 0 aromatic carbocycles. The molecule has 0 aromatic heterocycles. The normalized spacial score (nSPS) is 22.9. The summed E-state index contributed by atoms with van der Waals surface area (Å²) in [4.78, 5) is 10.3. The first-order valence-electron chi connectivity index (χ1n) is 4.31. The van der Waals surface area contributed by atoms with Crippen molar-refractivity contribution in [2.24, 2.45) is 0 Å². The number of sulfonamides is 1. The van der Waals surface area contributed by atoms with Crippen molar-refractivity contribution in [3.63, 3.8) is 0 Å². The molecule has 0 bridgehead atoms. The van der Waals surface area contributed by atoms with Gasteiger partial charge in [-0.2, -0.15) is 0 Å². The van der Waals surface area contributed by atoms with Crippen molar-refractivity contribution in [3.8, 4) is 0 Å². The largest absolute Gasteiger partial charge is 0.480 e. The fraction of sp³-hybridized carbons (Fsp3) is 0.857. The highest BCUT2D eigenvalue weighted by atomic mass is 32.2. The quantitative estimate of drug-likeness (QED) is 0.617. The topological polar surface area (TPSA) is 86.7 Å². The Hall–Kier alpha value is -0.660. The Bertz CT molecular complexity index is 308. The molecular weight excluding hydrogens is 208 g/mol. The van der Waals surface area contributed by atoms with Gasteiger partial charge in [0.2, 0.25) is 10.0 Å². The fourth-order valence-corrected chi connectivity index (χ4v) is 2.58. The average molecular weight is 222 g/mol. The SMILES string of the molecule is CN(C1CCNC1)S(=O)(=O)CC(=O)O. The monoisotopic (exact) mass is 222 g/mol. The minimum Gasteiger partial charge on any atom is -0.480 e. The molecule has 1 heterocycles. The molecule has 2 N–H and O–H groups in total. The number of rotatable bonds is 4. The molecule has 1 atom stereocenters. The van der Waals surface area contributed by atoms with Crippen molar-refractivity contribution in [1.29, 1.82) is 0 Å². The Morgan fingerprint density at radius 1 is 1.64 bits per heavy atom. The molecule has 7 heteroatoms. The molecule has 1 unspecified atom stereocenters. The number of hydrogen-bond acceptors (Lipinski definition) is 4. The lowest BCUT2D eigenvalue weighted by atomic mass is 10.3. The maximum Gasteiger partial charge on any atom is 0.320 e. The number of nitrogens with zero attached hydrogens (tertiary/aromatic N) is 1. The van der Waals surface area contributed by atoms with Crippen LogP contribution in [0.3, 0.4) is 0 Å². The lowest BCUT2D eigenvalue weighted by Crippen LogP contribution is -2.41. The van der Waals surface area contributed by atoms with Crippen molar-refractivity contribution in [2.45, 2.75) is 12.5 Å². The van der Waals surface area contributed by atoms with E-state index >= 15 is 0 Å². The number of hydrogen-bond donors (Lipinski definition) is 2. The Labute approximate surface area is 82.9 Å². The molecule has 1 aliphatic rings. The zero-order chi connectivity index (χ0) is 10.8. The summed E-state index contributed by atoms with van der Waals surface area (Å²) in [6.07, 6.45) is 0.731. The van der Waals surface area contributed by atoms with Crippen molar-refractivity contribution >= 4 is 16.0 Å². The molecule has 0 spiro atoms.